The number of allylic oxidation sites excluding steroid dienone is 2. The first-order valence-corrected chi connectivity index (χ1v) is 12.7. The Morgan fingerprint density at radius 2 is 1.89 bits per heavy atom. The predicted octanol–water partition coefficient (Wildman–Crippen LogP) is 5.11. The van der Waals surface area contributed by atoms with Gasteiger partial charge in [-0.1, -0.05) is 53.9 Å². The van der Waals surface area contributed by atoms with Crippen molar-refractivity contribution in [2.45, 2.75) is 45.6 Å². The molecule has 7 heteroatoms. The molecule has 0 radical (unpaired) electrons. The van der Waals surface area contributed by atoms with Gasteiger partial charge in [-0.2, -0.15) is 0 Å². The molecule has 4 atom stereocenters. The molecular formula is C29H32ClNO5. The maximum atomic E-state index is 13.5. The number of carbonyl (C=O) groups excluding carboxylic acids is 2. The number of hydrogen-bond donors (Lipinski definition) is 3. The number of aromatic hydroxyl groups is 1. The summed E-state index contributed by atoms with van der Waals surface area (Å²) in [4.78, 5) is 28.0. The third kappa shape index (κ3) is 4.99. The molecule has 3 N–H and O–H groups in total. The van der Waals surface area contributed by atoms with Crippen LogP contribution in [0.4, 0.5) is 5.69 Å². The lowest BCUT2D eigenvalue weighted by Gasteiger charge is -2.36. The second kappa shape index (κ2) is 11.0. The van der Waals surface area contributed by atoms with Crippen LogP contribution in [0.1, 0.15) is 45.1 Å². The molecule has 36 heavy (non-hydrogen) atoms. The van der Waals surface area contributed by atoms with Gasteiger partial charge < -0.3 is 15.3 Å². The first-order chi connectivity index (χ1) is 17.3. The minimum Gasteiger partial charge on any atom is -0.508 e. The Morgan fingerprint density at radius 1 is 1.17 bits per heavy atom. The van der Waals surface area contributed by atoms with Gasteiger partial charge in [-0.05, 0) is 74.1 Å². The van der Waals surface area contributed by atoms with E-state index in [9.17, 15) is 24.9 Å². The standard InChI is InChI=1S/C29H32ClNO5/c1-3-18-14-22-27(29(36)31(28(22)35)20-7-5-4-6-8-20)23(16-32)26(18)25(34)12-9-17(2)13-19-10-11-21(33)15-24(19)30/h4-8,10-11,13,15,22-23,25,27,32-34H,3,9,12,14,16H2,1-2H3/b17-13+/t22-,23+,25-,27-/m1/s1. The molecule has 1 aliphatic heterocycles. The highest BCUT2D eigenvalue weighted by molar-refractivity contribution is 6.32. The van der Waals surface area contributed by atoms with E-state index >= 15 is 0 Å². The number of halogens is 1. The summed E-state index contributed by atoms with van der Waals surface area (Å²) in [6.07, 6.45) is 3.11. The van der Waals surface area contributed by atoms with Crippen molar-refractivity contribution in [3.8, 4) is 5.75 Å². The molecule has 0 saturated carbocycles. The third-order valence-electron chi connectivity index (χ3n) is 7.38. The van der Waals surface area contributed by atoms with Gasteiger partial charge in [0, 0.05) is 5.92 Å². The molecule has 1 saturated heterocycles. The number of anilines is 1. The number of rotatable bonds is 8. The summed E-state index contributed by atoms with van der Waals surface area (Å²) in [5, 5.41) is 31.7. The molecule has 0 aromatic heterocycles. The molecule has 1 heterocycles. The van der Waals surface area contributed by atoms with Crippen LogP contribution < -0.4 is 4.90 Å². The number of phenols is 1. The molecule has 2 aliphatic rings. The number of aliphatic hydroxyl groups is 2. The molecule has 6 nitrogen and oxygen atoms in total. The monoisotopic (exact) mass is 509 g/mol. The van der Waals surface area contributed by atoms with Crippen molar-refractivity contribution in [3.63, 3.8) is 0 Å². The van der Waals surface area contributed by atoms with Crippen molar-refractivity contribution in [2.24, 2.45) is 17.8 Å². The molecule has 1 fully saturated rings. The largest absolute Gasteiger partial charge is 0.508 e. The van der Waals surface area contributed by atoms with E-state index in [2.05, 4.69) is 0 Å². The zero-order valence-electron chi connectivity index (χ0n) is 20.5. The maximum absolute atomic E-state index is 13.5. The average Bonchev–Trinajstić information content (AvgIpc) is 3.12. The van der Waals surface area contributed by atoms with Gasteiger partial charge in [0.25, 0.3) is 0 Å². The van der Waals surface area contributed by atoms with Crippen LogP contribution in [0.2, 0.25) is 5.02 Å². The Labute approximate surface area is 216 Å². The van der Waals surface area contributed by atoms with Gasteiger partial charge in [0.05, 0.1) is 35.3 Å². The number of carbonyl (C=O) groups is 2. The van der Waals surface area contributed by atoms with Crippen molar-refractivity contribution < 1.29 is 24.9 Å². The molecule has 4 rings (SSSR count). The summed E-state index contributed by atoms with van der Waals surface area (Å²) in [5.74, 6) is -2.27. The highest BCUT2D eigenvalue weighted by atomic mass is 35.5. The van der Waals surface area contributed by atoms with Gasteiger partial charge in [0.2, 0.25) is 11.8 Å². The number of benzene rings is 2. The Morgan fingerprint density at radius 3 is 2.53 bits per heavy atom. The molecule has 0 spiro atoms. The van der Waals surface area contributed by atoms with E-state index in [4.69, 9.17) is 11.6 Å². The van der Waals surface area contributed by atoms with Crippen LogP contribution in [0.3, 0.4) is 0 Å². The molecule has 2 amide bonds. The highest BCUT2D eigenvalue weighted by Crippen LogP contribution is 2.47. The number of aliphatic hydroxyl groups excluding tert-OH is 2. The van der Waals surface area contributed by atoms with Crippen molar-refractivity contribution in [1.29, 1.82) is 0 Å². The molecule has 0 bridgehead atoms. The zero-order valence-corrected chi connectivity index (χ0v) is 21.3. The maximum Gasteiger partial charge on any atom is 0.238 e. The molecule has 2 aromatic carbocycles. The van der Waals surface area contributed by atoms with Crippen molar-refractivity contribution in [2.75, 3.05) is 11.5 Å². The van der Waals surface area contributed by atoms with Gasteiger partial charge in [-0.25, -0.2) is 0 Å². The summed E-state index contributed by atoms with van der Waals surface area (Å²) in [6.45, 7) is 3.62. The summed E-state index contributed by atoms with van der Waals surface area (Å²) >= 11 is 6.21. The predicted molar refractivity (Wildman–Crippen MR) is 140 cm³/mol. The van der Waals surface area contributed by atoms with Gasteiger partial charge in [-0.3, -0.25) is 14.5 Å². The molecule has 0 unspecified atom stereocenters. The average molecular weight is 510 g/mol. The first kappa shape index (κ1) is 26.1. The SMILES string of the molecule is CCC1=C([C@H](O)CC/C(C)=C/c2ccc(O)cc2Cl)[C@H](CO)[C@@H]2C(=O)N(c3ccccc3)C(=O)[C@@H]2C1. The van der Waals surface area contributed by atoms with Crippen LogP contribution in [0.5, 0.6) is 5.75 Å². The van der Waals surface area contributed by atoms with E-state index in [1.165, 1.54) is 11.0 Å². The second-order valence-electron chi connectivity index (χ2n) is 9.64. The number of fused-ring (bicyclic) bond motifs is 1. The summed E-state index contributed by atoms with van der Waals surface area (Å²) in [6, 6.07) is 13.7. The lowest BCUT2D eigenvalue weighted by Crippen LogP contribution is -2.39. The fourth-order valence-electron chi connectivity index (χ4n) is 5.62. The normalized spacial score (nSPS) is 23.3. The van der Waals surface area contributed by atoms with Crippen LogP contribution in [0, 0.1) is 17.8 Å². The summed E-state index contributed by atoms with van der Waals surface area (Å²) in [7, 11) is 0. The van der Waals surface area contributed by atoms with Crippen LogP contribution >= 0.6 is 11.6 Å². The van der Waals surface area contributed by atoms with Crippen LogP contribution in [0.25, 0.3) is 6.08 Å². The molecule has 190 valence electrons. The Bertz CT molecular complexity index is 1210. The minimum atomic E-state index is -0.842. The number of para-hydroxylation sites is 1. The van der Waals surface area contributed by atoms with E-state index in [0.717, 1.165) is 16.7 Å². The van der Waals surface area contributed by atoms with Gasteiger partial charge in [-0.15, -0.1) is 0 Å². The third-order valence-corrected chi connectivity index (χ3v) is 7.71. The van der Waals surface area contributed by atoms with E-state index in [1.807, 2.05) is 26.0 Å². The van der Waals surface area contributed by atoms with Crippen molar-refractivity contribution in [1.82, 2.24) is 0 Å². The number of phenolic OH excluding ortho intramolecular Hbond substituents is 1. The lowest BCUT2D eigenvalue weighted by atomic mass is 9.67. The van der Waals surface area contributed by atoms with E-state index < -0.39 is 23.9 Å². The fourth-order valence-corrected chi connectivity index (χ4v) is 5.85. The summed E-state index contributed by atoms with van der Waals surface area (Å²) < 4.78 is 0. The number of hydrogen-bond acceptors (Lipinski definition) is 5. The fraction of sp³-hybridized carbons (Fsp3) is 0.379. The van der Waals surface area contributed by atoms with E-state index in [1.54, 1.807) is 36.4 Å². The van der Waals surface area contributed by atoms with E-state index in [0.29, 0.717) is 42.0 Å². The molecule has 2 aromatic rings. The molecular weight excluding hydrogens is 478 g/mol. The topological polar surface area (TPSA) is 98.1 Å². The highest BCUT2D eigenvalue weighted by Gasteiger charge is 2.55. The van der Waals surface area contributed by atoms with Crippen LogP contribution in [0.15, 0.2) is 65.3 Å². The molecule has 1 aliphatic carbocycles. The minimum absolute atomic E-state index is 0.0978. The second-order valence-corrected chi connectivity index (χ2v) is 10.0. The van der Waals surface area contributed by atoms with Gasteiger partial charge in [0.15, 0.2) is 0 Å². The first-order valence-electron chi connectivity index (χ1n) is 12.4. The van der Waals surface area contributed by atoms with Gasteiger partial charge in [0.1, 0.15) is 5.75 Å². The van der Waals surface area contributed by atoms with Gasteiger partial charge >= 0.3 is 0 Å². The smallest absolute Gasteiger partial charge is 0.238 e. The Kier molecular flexibility index (Phi) is 7.98. The number of amides is 2. The van der Waals surface area contributed by atoms with Crippen LogP contribution in [-0.4, -0.2) is 39.8 Å². The Balaban J connectivity index is 1.56. The lowest BCUT2D eigenvalue weighted by molar-refractivity contribution is -0.123. The zero-order chi connectivity index (χ0) is 26.0. The number of nitrogens with zero attached hydrogens (tertiary/aromatic N) is 1. The quantitative estimate of drug-likeness (QED) is 0.339. The number of imide groups is 1. The van der Waals surface area contributed by atoms with Crippen LogP contribution in [-0.2, 0) is 9.59 Å². The van der Waals surface area contributed by atoms with Crippen molar-refractivity contribution in [3.05, 3.63) is 75.8 Å². The van der Waals surface area contributed by atoms with E-state index in [-0.39, 0.29) is 24.2 Å². The van der Waals surface area contributed by atoms with Crippen molar-refractivity contribution >= 4 is 35.2 Å². The summed E-state index contributed by atoms with van der Waals surface area (Å²) in [5.41, 5.74) is 3.96. The Hall–Kier alpha value is -2.93.